The Morgan fingerprint density at radius 2 is 2.42 bits per heavy atom. The highest BCUT2D eigenvalue weighted by Crippen LogP contribution is 2.19. The van der Waals surface area contributed by atoms with Crippen LogP contribution in [0.1, 0.15) is 11.8 Å². The number of fused-ring (bicyclic) bond motifs is 1. The predicted octanol–water partition coefficient (Wildman–Crippen LogP) is 3.60. The standard InChI is InChI=1S/C13H13BrN4S/c1-9(7-10-3-2-6-19-10)16-12-13-15-4-5-18(13)8-11(14)17-12/h2-6,8-9H,7H2,1H3,(H,16,17). The van der Waals surface area contributed by atoms with Gasteiger partial charge in [0.05, 0.1) is 0 Å². The molecule has 3 rings (SSSR count). The summed E-state index contributed by atoms with van der Waals surface area (Å²) in [6, 6.07) is 4.54. The molecule has 19 heavy (non-hydrogen) atoms. The Bertz CT molecular complexity index is 677. The third-order valence-electron chi connectivity index (χ3n) is 2.82. The topological polar surface area (TPSA) is 42.2 Å². The van der Waals surface area contributed by atoms with Gasteiger partial charge in [0.25, 0.3) is 0 Å². The third-order valence-corrected chi connectivity index (χ3v) is 4.10. The first-order valence-electron chi connectivity index (χ1n) is 6.00. The first-order chi connectivity index (χ1) is 9.22. The molecule has 98 valence electrons. The molecular formula is C13H13BrN4S. The summed E-state index contributed by atoms with van der Waals surface area (Å²) in [5.74, 6) is 0.809. The Morgan fingerprint density at radius 3 is 3.21 bits per heavy atom. The number of rotatable bonds is 4. The molecule has 3 aromatic rings. The molecule has 6 heteroatoms. The molecule has 0 amide bonds. The van der Waals surface area contributed by atoms with Gasteiger partial charge in [0.1, 0.15) is 4.60 Å². The number of aromatic nitrogens is 3. The van der Waals surface area contributed by atoms with Crippen LogP contribution in [0.4, 0.5) is 5.82 Å². The molecule has 0 aliphatic rings. The van der Waals surface area contributed by atoms with Crippen LogP contribution in [-0.2, 0) is 6.42 Å². The fraction of sp³-hybridized carbons (Fsp3) is 0.231. The van der Waals surface area contributed by atoms with Crippen LogP contribution in [0.2, 0.25) is 0 Å². The first-order valence-corrected chi connectivity index (χ1v) is 7.68. The zero-order valence-corrected chi connectivity index (χ0v) is 12.8. The van der Waals surface area contributed by atoms with Crippen molar-refractivity contribution < 1.29 is 0 Å². The first kappa shape index (κ1) is 12.6. The number of nitrogens with zero attached hydrogens (tertiary/aromatic N) is 3. The predicted molar refractivity (Wildman–Crippen MR) is 81.8 cm³/mol. The zero-order chi connectivity index (χ0) is 13.2. The number of nitrogens with one attached hydrogen (secondary N) is 1. The van der Waals surface area contributed by atoms with Gasteiger partial charge in [0, 0.05) is 35.9 Å². The summed E-state index contributed by atoms with van der Waals surface area (Å²) < 4.78 is 2.75. The van der Waals surface area contributed by atoms with Crippen LogP contribution in [-0.4, -0.2) is 20.4 Å². The Morgan fingerprint density at radius 1 is 1.53 bits per heavy atom. The van der Waals surface area contributed by atoms with Crippen LogP contribution in [0.3, 0.4) is 0 Å². The summed E-state index contributed by atoms with van der Waals surface area (Å²) in [4.78, 5) is 10.2. The number of halogens is 1. The summed E-state index contributed by atoms with van der Waals surface area (Å²) in [6.45, 7) is 2.15. The number of imidazole rings is 1. The monoisotopic (exact) mass is 336 g/mol. The average molecular weight is 337 g/mol. The second-order valence-electron chi connectivity index (χ2n) is 4.40. The molecule has 3 aromatic heterocycles. The fourth-order valence-electron chi connectivity index (χ4n) is 2.01. The van der Waals surface area contributed by atoms with Crippen LogP contribution < -0.4 is 5.32 Å². The van der Waals surface area contributed by atoms with Gasteiger partial charge in [-0.2, -0.15) is 0 Å². The minimum atomic E-state index is 0.306. The van der Waals surface area contributed by atoms with Gasteiger partial charge in [0.15, 0.2) is 11.5 Å². The van der Waals surface area contributed by atoms with Crippen molar-refractivity contribution >= 4 is 38.7 Å². The van der Waals surface area contributed by atoms with Crippen molar-refractivity contribution in [2.45, 2.75) is 19.4 Å². The minimum absolute atomic E-state index is 0.306. The molecule has 1 unspecified atom stereocenters. The van der Waals surface area contributed by atoms with Crippen molar-refractivity contribution in [3.63, 3.8) is 0 Å². The molecule has 0 spiro atoms. The average Bonchev–Trinajstić information content (AvgIpc) is 2.99. The van der Waals surface area contributed by atoms with Crippen molar-refractivity contribution in [1.82, 2.24) is 14.4 Å². The van der Waals surface area contributed by atoms with E-state index in [1.165, 1.54) is 4.88 Å². The van der Waals surface area contributed by atoms with E-state index >= 15 is 0 Å². The third kappa shape index (κ3) is 2.79. The molecule has 3 heterocycles. The highest BCUT2D eigenvalue weighted by atomic mass is 79.9. The second-order valence-corrected chi connectivity index (χ2v) is 6.24. The van der Waals surface area contributed by atoms with E-state index in [1.54, 1.807) is 17.5 Å². The number of hydrogen-bond donors (Lipinski definition) is 1. The molecular weight excluding hydrogens is 324 g/mol. The van der Waals surface area contributed by atoms with Crippen molar-refractivity contribution in [2.24, 2.45) is 0 Å². The second kappa shape index (κ2) is 5.30. The van der Waals surface area contributed by atoms with Gasteiger partial charge in [-0.15, -0.1) is 11.3 Å². The van der Waals surface area contributed by atoms with Crippen molar-refractivity contribution in [3.05, 3.63) is 45.6 Å². The van der Waals surface area contributed by atoms with Gasteiger partial charge in [-0.25, -0.2) is 9.97 Å². The zero-order valence-electron chi connectivity index (χ0n) is 10.4. The van der Waals surface area contributed by atoms with Gasteiger partial charge < -0.3 is 9.72 Å². The van der Waals surface area contributed by atoms with E-state index in [0.717, 1.165) is 22.5 Å². The quantitative estimate of drug-likeness (QED) is 0.791. The van der Waals surface area contributed by atoms with E-state index in [2.05, 4.69) is 55.7 Å². The molecule has 0 aromatic carbocycles. The van der Waals surface area contributed by atoms with Crippen LogP contribution in [0, 0.1) is 0 Å². The molecule has 4 nitrogen and oxygen atoms in total. The molecule has 1 atom stereocenters. The summed E-state index contributed by atoms with van der Waals surface area (Å²) in [5, 5.41) is 5.54. The van der Waals surface area contributed by atoms with E-state index in [-0.39, 0.29) is 0 Å². The maximum atomic E-state index is 4.47. The lowest BCUT2D eigenvalue weighted by atomic mass is 10.2. The van der Waals surface area contributed by atoms with E-state index in [9.17, 15) is 0 Å². The smallest absolute Gasteiger partial charge is 0.180 e. The summed E-state index contributed by atoms with van der Waals surface area (Å²) in [7, 11) is 0. The highest BCUT2D eigenvalue weighted by molar-refractivity contribution is 9.10. The number of thiophene rings is 1. The minimum Gasteiger partial charge on any atom is -0.364 e. The van der Waals surface area contributed by atoms with Gasteiger partial charge in [0.2, 0.25) is 0 Å². The molecule has 0 aliphatic heterocycles. The molecule has 1 N–H and O–H groups in total. The largest absolute Gasteiger partial charge is 0.364 e. The lowest BCUT2D eigenvalue weighted by Gasteiger charge is -2.14. The Labute approximate surface area is 123 Å². The van der Waals surface area contributed by atoms with E-state index in [4.69, 9.17) is 0 Å². The Hall–Kier alpha value is -1.40. The SMILES string of the molecule is CC(Cc1cccs1)Nc1nc(Br)cn2ccnc12. The van der Waals surface area contributed by atoms with Crippen LogP contribution in [0.25, 0.3) is 5.65 Å². The lowest BCUT2D eigenvalue weighted by molar-refractivity contribution is 0.793. The summed E-state index contributed by atoms with van der Waals surface area (Å²) >= 11 is 5.20. The van der Waals surface area contributed by atoms with Crippen molar-refractivity contribution in [2.75, 3.05) is 5.32 Å². The van der Waals surface area contributed by atoms with Gasteiger partial charge >= 0.3 is 0 Å². The molecule has 0 fully saturated rings. The molecule has 0 aliphatic carbocycles. The van der Waals surface area contributed by atoms with E-state index in [1.807, 2.05) is 16.8 Å². The summed E-state index contributed by atoms with van der Waals surface area (Å²) in [6.07, 6.45) is 6.58. The van der Waals surface area contributed by atoms with E-state index < -0.39 is 0 Å². The maximum absolute atomic E-state index is 4.47. The van der Waals surface area contributed by atoms with Crippen molar-refractivity contribution in [1.29, 1.82) is 0 Å². The lowest BCUT2D eigenvalue weighted by Crippen LogP contribution is -2.19. The molecule has 0 saturated heterocycles. The fourth-order valence-corrected chi connectivity index (χ4v) is 3.25. The van der Waals surface area contributed by atoms with Crippen LogP contribution in [0.5, 0.6) is 0 Å². The summed E-state index contributed by atoms with van der Waals surface area (Å²) in [5.41, 5.74) is 0.848. The van der Waals surface area contributed by atoms with Gasteiger partial charge in [-0.3, -0.25) is 0 Å². The normalized spacial score (nSPS) is 12.7. The Balaban J connectivity index is 1.82. The Kier molecular flexibility index (Phi) is 3.52. The molecule has 0 saturated carbocycles. The van der Waals surface area contributed by atoms with E-state index in [0.29, 0.717) is 6.04 Å². The maximum Gasteiger partial charge on any atom is 0.180 e. The highest BCUT2D eigenvalue weighted by Gasteiger charge is 2.10. The van der Waals surface area contributed by atoms with Crippen LogP contribution in [0.15, 0.2) is 40.7 Å². The molecule has 0 bridgehead atoms. The number of anilines is 1. The molecule has 0 radical (unpaired) electrons. The van der Waals surface area contributed by atoms with Gasteiger partial charge in [-0.05, 0) is 34.3 Å². The van der Waals surface area contributed by atoms with Gasteiger partial charge in [-0.1, -0.05) is 6.07 Å². The number of hydrogen-bond acceptors (Lipinski definition) is 4. The van der Waals surface area contributed by atoms with Crippen LogP contribution >= 0.6 is 27.3 Å². The van der Waals surface area contributed by atoms with Crippen molar-refractivity contribution in [3.8, 4) is 0 Å².